The Morgan fingerprint density at radius 1 is 1.32 bits per heavy atom. The molecule has 1 amide bonds. The van der Waals surface area contributed by atoms with Crippen LogP contribution in [0.25, 0.3) is 0 Å². The van der Waals surface area contributed by atoms with E-state index in [0.717, 1.165) is 0 Å². The third kappa shape index (κ3) is 3.79. The third-order valence-electron chi connectivity index (χ3n) is 3.17. The first-order valence-corrected chi connectivity index (χ1v) is 6.77. The lowest BCUT2D eigenvalue weighted by molar-refractivity contribution is -0.164. The second-order valence-electron chi connectivity index (χ2n) is 4.72. The average molecular weight is 332 g/mol. The number of amides is 1. The predicted octanol–water partition coefficient (Wildman–Crippen LogP) is 3.52. The molecule has 1 heterocycles. The number of nitrogens with zero attached hydrogens (tertiary/aromatic N) is 2. The van der Waals surface area contributed by atoms with Crippen LogP contribution in [-0.4, -0.2) is 21.6 Å². The van der Waals surface area contributed by atoms with E-state index in [0.29, 0.717) is 5.02 Å². The summed E-state index contributed by atoms with van der Waals surface area (Å²) in [7, 11) is 0. The van der Waals surface area contributed by atoms with Crippen molar-refractivity contribution in [2.24, 2.45) is 0 Å². The van der Waals surface area contributed by atoms with Gasteiger partial charge in [-0.25, -0.2) is 4.98 Å². The maximum absolute atomic E-state index is 13.2. The Bertz CT molecular complexity index is 626. The summed E-state index contributed by atoms with van der Waals surface area (Å²) in [6, 6.07) is 2.27. The van der Waals surface area contributed by atoms with Gasteiger partial charge in [-0.05, 0) is 24.6 Å². The summed E-state index contributed by atoms with van der Waals surface area (Å²) >= 11 is 5.68. The van der Waals surface area contributed by atoms with E-state index in [1.165, 1.54) is 54.5 Å². The van der Waals surface area contributed by atoms with Crippen LogP contribution < -0.4 is 5.32 Å². The van der Waals surface area contributed by atoms with Crippen LogP contribution in [0.1, 0.15) is 24.6 Å². The van der Waals surface area contributed by atoms with Crippen molar-refractivity contribution < 1.29 is 18.0 Å². The fourth-order valence-electron chi connectivity index (χ4n) is 1.91. The zero-order valence-corrected chi connectivity index (χ0v) is 12.3. The molecule has 22 heavy (non-hydrogen) atoms. The summed E-state index contributed by atoms with van der Waals surface area (Å²) in [4.78, 5) is 15.8. The van der Waals surface area contributed by atoms with Gasteiger partial charge in [0.15, 0.2) is 6.04 Å². The van der Waals surface area contributed by atoms with Crippen molar-refractivity contribution in [3.63, 3.8) is 0 Å². The van der Waals surface area contributed by atoms with Crippen molar-refractivity contribution in [2.45, 2.75) is 25.2 Å². The molecule has 1 aromatic carbocycles. The van der Waals surface area contributed by atoms with E-state index in [1.807, 2.05) is 5.32 Å². The molecule has 2 atom stereocenters. The zero-order valence-electron chi connectivity index (χ0n) is 11.5. The van der Waals surface area contributed by atoms with Gasteiger partial charge in [-0.3, -0.25) is 4.79 Å². The van der Waals surface area contributed by atoms with Crippen LogP contribution in [0.2, 0.25) is 5.02 Å². The third-order valence-corrected chi connectivity index (χ3v) is 3.42. The van der Waals surface area contributed by atoms with E-state index in [1.54, 1.807) is 0 Å². The minimum absolute atomic E-state index is 0.0805. The summed E-state index contributed by atoms with van der Waals surface area (Å²) in [5, 5.41) is 2.35. The number of aromatic nitrogens is 2. The van der Waals surface area contributed by atoms with E-state index in [4.69, 9.17) is 11.6 Å². The summed E-state index contributed by atoms with van der Waals surface area (Å²) in [5.74, 6) is -0.754. The van der Waals surface area contributed by atoms with Crippen molar-refractivity contribution in [3.8, 4) is 0 Å². The number of rotatable bonds is 4. The fraction of sp³-hybridized carbons (Fsp3) is 0.286. The number of halogens is 4. The molecule has 0 radical (unpaired) electrons. The summed E-state index contributed by atoms with van der Waals surface area (Å²) in [6.07, 6.45) is -0.285. The molecule has 8 heteroatoms. The van der Waals surface area contributed by atoms with Gasteiger partial charge in [0, 0.05) is 17.4 Å². The van der Waals surface area contributed by atoms with Gasteiger partial charge in [-0.1, -0.05) is 23.7 Å². The molecule has 2 unspecified atom stereocenters. The highest BCUT2D eigenvalue weighted by Crippen LogP contribution is 2.33. The van der Waals surface area contributed by atoms with Crippen molar-refractivity contribution in [1.82, 2.24) is 14.9 Å². The molecule has 0 aliphatic heterocycles. The number of nitrogens with one attached hydrogen (secondary N) is 1. The van der Waals surface area contributed by atoms with E-state index in [9.17, 15) is 18.0 Å². The normalized spacial score (nSPS) is 14.4. The van der Waals surface area contributed by atoms with Crippen molar-refractivity contribution >= 4 is 17.5 Å². The Morgan fingerprint density at radius 2 is 1.95 bits per heavy atom. The molecule has 0 bridgehead atoms. The molecule has 4 nitrogen and oxygen atoms in total. The number of carbonyl (C=O) groups is 1. The highest BCUT2D eigenvalue weighted by atomic mass is 35.5. The second kappa shape index (κ2) is 6.39. The molecule has 2 aromatic rings. The van der Waals surface area contributed by atoms with Gasteiger partial charge in [0.05, 0.1) is 6.33 Å². The molecular weight excluding hydrogens is 319 g/mol. The van der Waals surface area contributed by atoms with Crippen LogP contribution in [0.15, 0.2) is 43.0 Å². The Kier molecular flexibility index (Phi) is 4.75. The van der Waals surface area contributed by atoms with Crippen LogP contribution in [0, 0.1) is 0 Å². The van der Waals surface area contributed by atoms with Crippen molar-refractivity contribution in [1.29, 1.82) is 0 Å². The summed E-state index contributed by atoms with van der Waals surface area (Å²) in [5.41, 5.74) is -0.0805. The molecular formula is C14H13ClF3N3O. The molecule has 118 valence electrons. The quantitative estimate of drug-likeness (QED) is 0.931. The lowest BCUT2D eigenvalue weighted by Gasteiger charge is -2.24. The van der Waals surface area contributed by atoms with Crippen LogP contribution in [-0.2, 0) is 4.79 Å². The number of benzene rings is 1. The Hall–Kier alpha value is -2.02. The van der Waals surface area contributed by atoms with Gasteiger partial charge in [-0.2, -0.15) is 13.2 Å². The van der Waals surface area contributed by atoms with Gasteiger partial charge >= 0.3 is 6.18 Å². The molecule has 0 aliphatic carbocycles. The van der Waals surface area contributed by atoms with E-state index < -0.39 is 24.2 Å². The number of hydrogen-bond donors (Lipinski definition) is 1. The first-order chi connectivity index (χ1) is 10.3. The monoisotopic (exact) mass is 331 g/mol. The van der Waals surface area contributed by atoms with Crippen LogP contribution >= 0.6 is 11.6 Å². The molecule has 0 saturated heterocycles. The van der Waals surface area contributed by atoms with Gasteiger partial charge in [0.2, 0.25) is 5.91 Å². The number of hydrogen-bond acceptors (Lipinski definition) is 2. The highest BCUT2D eigenvalue weighted by molar-refractivity contribution is 6.30. The van der Waals surface area contributed by atoms with Crippen LogP contribution in [0.4, 0.5) is 13.2 Å². The molecule has 0 saturated carbocycles. The number of imidazole rings is 1. The minimum Gasteiger partial charge on any atom is -0.339 e. The van der Waals surface area contributed by atoms with Crippen LogP contribution in [0.5, 0.6) is 0 Å². The predicted molar refractivity (Wildman–Crippen MR) is 75.3 cm³/mol. The topological polar surface area (TPSA) is 46.9 Å². The highest BCUT2D eigenvalue weighted by Gasteiger charge is 2.42. The average Bonchev–Trinajstić information content (AvgIpc) is 2.97. The minimum atomic E-state index is -4.61. The van der Waals surface area contributed by atoms with Crippen molar-refractivity contribution in [2.75, 3.05) is 0 Å². The summed E-state index contributed by atoms with van der Waals surface area (Å²) < 4.78 is 41.0. The molecule has 2 rings (SSSR count). The van der Waals surface area contributed by atoms with Gasteiger partial charge in [0.25, 0.3) is 0 Å². The molecule has 0 aliphatic rings. The first kappa shape index (κ1) is 16.4. The second-order valence-corrected chi connectivity index (χ2v) is 5.16. The molecule has 0 fully saturated rings. The Labute approximate surface area is 129 Å². The fourth-order valence-corrected chi connectivity index (χ4v) is 2.03. The smallest absolute Gasteiger partial charge is 0.339 e. The SMILES string of the molecule is CC(C(=O)NC(c1ccc(Cl)cc1)C(F)(F)F)n1ccnc1. The van der Waals surface area contributed by atoms with Gasteiger partial charge in [-0.15, -0.1) is 0 Å². The van der Waals surface area contributed by atoms with E-state index in [-0.39, 0.29) is 5.56 Å². The Morgan fingerprint density at radius 3 is 2.45 bits per heavy atom. The van der Waals surface area contributed by atoms with Crippen molar-refractivity contribution in [3.05, 3.63) is 53.6 Å². The Balaban J connectivity index is 2.20. The van der Waals surface area contributed by atoms with E-state index in [2.05, 4.69) is 4.98 Å². The lowest BCUT2D eigenvalue weighted by atomic mass is 10.1. The van der Waals surface area contributed by atoms with E-state index >= 15 is 0 Å². The zero-order chi connectivity index (χ0) is 16.3. The maximum atomic E-state index is 13.2. The summed E-state index contributed by atoms with van der Waals surface area (Å²) in [6.45, 7) is 1.49. The molecule has 1 aromatic heterocycles. The largest absolute Gasteiger partial charge is 0.412 e. The van der Waals surface area contributed by atoms with Crippen LogP contribution in [0.3, 0.4) is 0 Å². The number of carbonyl (C=O) groups excluding carboxylic acids is 1. The molecule has 1 N–H and O–H groups in total. The van der Waals surface area contributed by atoms with Gasteiger partial charge in [0.1, 0.15) is 6.04 Å². The first-order valence-electron chi connectivity index (χ1n) is 6.39. The maximum Gasteiger partial charge on any atom is 0.412 e. The lowest BCUT2D eigenvalue weighted by Crippen LogP contribution is -2.41. The number of alkyl halides is 3. The van der Waals surface area contributed by atoms with Gasteiger partial charge < -0.3 is 9.88 Å². The standard InChI is InChI=1S/C14H13ClF3N3O/c1-9(21-7-6-19-8-21)13(22)20-12(14(16,17)18)10-2-4-11(15)5-3-10/h2-9,12H,1H3,(H,20,22). The molecule has 0 spiro atoms.